The number of hydrogen-bond acceptors (Lipinski definition) is 4. The zero-order valence-corrected chi connectivity index (χ0v) is 21.7. The van der Waals surface area contributed by atoms with Gasteiger partial charge in [0.05, 0.1) is 12.7 Å². The lowest BCUT2D eigenvalue weighted by Crippen LogP contribution is -2.51. The van der Waals surface area contributed by atoms with Gasteiger partial charge in [0, 0.05) is 48.6 Å². The summed E-state index contributed by atoms with van der Waals surface area (Å²) in [6.45, 7) is 6.14. The van der Waals surface area contributed by atoms with E-state index in [2.05, 4.69) is 0 Å². The Balaban J connectivity index is 1.55. The van der Waals surface area contributed by atoms with E-state index in [1.165, 1.54) is 24.3 Å². The topological polar surface area (TPSA) is 70.1 Å². The van der Waals surface area contributed by atoms with E-state index in [0.29, 0.717) is 55.4 Å². The molecule has 0 spiro atoms. The van der Waals surface area contributed by atoms with Crippen molar-refractivity contribution >= 4 is 23.4 Å². The van der Waals surface area contributed by atoms with Crippen molar-refractivity contribution in [2.75, 3.05) is 32.8 Å². The fraction of sp³-hybridized carbons (Fsp3) is 0.500. The van der Waals surface area contributed by atoms with Crippen LogP contribution in [0, 0.1) is 25.1 Å². The van der Waals surface area contributed by atoms with Crippen LogP contribution >= 0.6 is 11.6 Å². The Kier molecular flexibility index (Phi) is 8.20. The number of carbonyl (C=O) groups is 2. The molecule has 2 aliphatic rings. The second kappa shape index (κ2) is 11.2. The first-order valence-electron chi connectivity index (χ1n) is 12.6. The van der Waals surface area contributed by atoms with Gasteiger partial charge in [0.1, 0.15) is 11.6 Å². The number of benzene rings is 2. The van der Waals surface area contributed by atoms with Crippen molar-refractivity contribution in [1.82, 2.24) is 9.80 Å². The first kappa shape index (κ1) is 26.4. The van der Waals surface area contributed by atoms with Gasteiger partial charge in [0.25, 0.3) is 5.91 Å². The Morgan fingerprint density at radius 3 is 2.36 bits per heavy atom. The van der Waals surface area contributed by atoms with Gasteiger partial charge in [-0.25, -0.2) is 4.39 Å². The monoisotopic (exact) mass is 516 g/mol. The normalized spacial score (nSPS) is 20.9. The van der Waals surface area contributed by atoms with Gasteiger partial charge in [0.2, 0.25) is 5.91 Å². The van der Waals surface area contributed by atoms with E-state index in [-0.39, 0.29) is 30.9 Å². The minimum Gasteiger partial charge on any atom is -0.493 e. The Hall–Kier alpha value is -2.64. The summed E-state index contributed by atoms with van der Waals surface area (Å²) in [5.41, 5.74) is 1.69. The summed E-state index contributed by atoms with van der Waals surface area (Å²) in [6, 6.07) is 9.34. The van der Waals surface area contributed by atoms with E-state index in [1.807, 2.05) is 30.9 Å². The van der Waals surface area contributed by atoms with Crippen LogP contribution in [0.3, 0.4) is 0 Å². The highest BCUT2D eigenvalue weighted by Gasteiger charge is 2.41. The van der Waals surface area contributed by atoms with E-state index in [4.69, 9.17) is 16.3 Å². The lowest BCUT2D eigenvalue weighted by molar-refractivity contribution is -0.137. The molecule has 0 aliphatic carbocycles. The first-order valence-corrected chi connectivity index (χ1v) is 12.9. The Labute approximate surface area is 217 Å². The molecule has 2 fully saturated rings. The molecule has 2 aromatic carbocycles. The third-order valence-electron chi connectivity index (χ3n) is 7.34. The number of rotatable bonds is 6. The van der Waals surface area contributed by atoms with E-state index >= 15 is 0 Å². The molecule has 0 saturated carbocycles. The predicted molar refractivity (Wildman–Crippen MR) is 137 cm³/mol. The molecule has 36 heavy (non-hydrogen) atoms. The number of carbonyl (C=O) groups excluding carboxylic acids is 2. The van der Waals surface area contributed by atoms with Crippen molar-refractivity contribution in [3.63, 3.8) is 0 Å². The first-order chi connectivity index (χ1) is 17.2. The van der Waals surface area contributed by atoms with Crippen LogP contribution in [-0.4, -0.2) is 65.6 Å². The predicted octanol–water partition coefficient (Wildman–Crippen LogP) is 4.77. The van der Waals surface area contributed by atoms with Crippen LogP contribution in [0.4, 0.5) is 4.39 Å². The summed E-state index contributed by atoms with van der Waals surface area (Å²) in [7, 11) is 0. The largest absolute Gasteiger partial charge is 0.493 e. The second-order valence-corrected chi connectivity index (χ2v) is 10.7. The molecule has 8 heteroatoms. The zero-order chi connectivity index (χ0) is 25.9. The molecule has 194 valence electrons. The molecule has 2 aromatic rings. The van der Waals surface area contributed by atoms with Crippen LogP contribution in [0.5, 0.6) is 5.75 Å². The molecule has 1 atom stereocenters. The number of ether oxygens (including phenoxy) is 1. The summed E-state index contributed by atoms with van der Waals surface area (Å²) in [5.74, 6) is 0.138. The lowest BCUT2D eigenvalue weighted by Gasteiger charge is -2.43. The number of nitrogens with zero attached hydrogens (tertiary/aromatic N) is 2. The number of aliphatic hydroxyl groups excluding tert-OH is 1. The van der Waals surface area contributed by atoms with Gasteiger partial charge in [-0.15, -0.1) is 0 Å². The number of hydrogen-bond donors (Lipinski definition) is 1. The summed E-state index contributed by atoms with van der Waals surface area (Å²) >= 11 is 6.32. The average Bonchev–Trinajstić information content (AvgIpc) is 2.86. The number of amides is 2. The van der Waals surface area contributed by atoms with Gasteiger partial charge in [-0.2, -0.15) is 0 Å². The van der Waals surface area contributed by atoms with Gasteiger partial charge >= 0.3 is 0 Å². The zero-order valence-electron chi connectivity index (χ0n) is 20.9. The fourth-order valence-electron chi connectivity index (χ4n) is 5.24. The molecule has 2 heterocycles. The van der Waals surface area contributed by atoms with Crippen molar-refractivity contribution in [3.8, 4) is 5.75 Å². The van der Waals surface area contributed by atoms with Gasteiger partial charge in [-0.1, -0.05) is 11.6 Å². The molecule has 6 nitrogen and oxygen atoms in total. The number of likely N-dealkylation sites (tertiary alicyclic amines) is 2. The van der Waals surface area contributed by atoms with E-state index in [1.54, 1.807) is 4.90 Å². The van der Waals surface area contributed by atoms with Gasteiger partial charge in [-0.05, 0) is 87.1 Å². The maximum absolute atomic E-state index is 13.4. The minimum atomic E-state index is -0.567. The molecular formula is C28H34ClFN2O4. The maximum Gasteiger partial charge on any atom is 0.253 e. The third kappa shape index (κ3) is 6.19. The van der Waals surface area contributed by atoms with Crippen molar-refractivity contribution < 1.29 is 23.8 Å². The third-order valence-corrected chi connectivity index (χ3v) is 7.93. The van der Waals surface area contributed by atoms with Gasteiger partial charge in [0.15, 0.2) is 0 Å². The molecule has 2 saturated heterocycles. The highest BCUT2D eigenvalue weighted by molar-refractivity contribution is 6.32. The second-order valence-electron chi connectivity index (χ2n) is 10.3. The SMILES string of the molecule is Cc1cc(OCC2(CC(=O)N3CCC(O)CC3)CCCN(C(=O)c3ccc(F)cc3)C2)cc(C)c1Cl. The van der Waals surface area contributed by atoms with Crippen LogP contribution in [0.2, 0.25) is 5.02 Å². The summed E-state index contributed by atoms with van der Waals surface area (Å²) in [4.78, 5) is 30.2. The molecule has 0 aromatic heterocycles. The number of aryl methyl sites for hydroxylation is 2. The van der Waals surface area contributed by atoms with E-state index in [9.17, 15) is 19.1 Å². The standard InChI is InChI=1S/C28H34ClFN2O4/c1-19-14-24(15-20(2)26(19)29)36-18-28(16-25(34)31-12-8-23(33)9-13-31)10-3-11-32(17-28)27(35)21-4-6-22(30)7-5-21/h4-7,14-15,23,33H,3,8-13,16-18H2,1-2H3. The van der Waals surface area contributed by atoms with Crippen molar-refractivity contribution in [2.24, 2.45) is 5.41 Å². The number of halogens is 2. The van der Waals surface area contributed by atoms with Crippen molar-refractivity contribution in [1.29, 1.82) is 0 Å². The van der Waals surface area contributed by atoms with Gasteiger partial charge < -0.3 is 19.6 Å². The summed E-state index contributed by atoms with van der Waals surface area (Å²) in [5, 5.41) is 10.5. The van der Waals surface area contributed by atoms with Gasteiger partial charge in [-0.3, -0.25) is 9.59 Å². The van der Waals surface area contributed by atoms with Crippen LogP contribution < -0.4 is 4.74 Å². The van der Waals surface area contributed by atoms with Crippen molar-refractivity contribution in [2.45, 2.75) is 52.1 Å². The Morgan fingerprint density at radius 2 is 1.72 bits per heavy atom. The molecule has 2 aliphatic heterocycles. The summed E-state index contributed by atoms with van der Waals surface area (Å²) in [6.07, 6.45) is 2.53. The molecule has 1 unspecified atom stereocenters. The molecule has 2 amide bonds. The maximum atomic E-state index is 13.4. The van der Waals surface area contributed by atoms with Crippen LogP contribution in [0.25, 0.3) is 0 Å². The van der Waals surface area contributed by atoms with E-state index < -0.39 is 11.2 Å². The number of piperidine rings is 2. The highest BCUT2D eigenvalue weighted by atomic mass is 35.5. The van der Waals surface area contributed by atoms with Crippen molar-refractivity contribution in [3.05, 3.63) is 63.9 Å². The van der Waals surface area contributed by atoms with Crippen LogP contribution in [-0.2, 0) is 4.79 Å². The summed E-state index contributed by atoms with van der Waals surface area (Å²) < 4.78 is 19.7. The van der Waals surface area contributed by atoms with Crippen LogP contribution in [0.15, 0.2) is 36.4 Å². The molecule has 0 bridgehead atoms. The van der Waals surface area contributed by atoms with Crippen LogP contribution in [0.1, 0.15) is 53.6 Å². The molecule has 4 rings (SSSR count). The molecular weight excluding hydrogens is 483 g/mol. The fourth-order valence-corrected chi connectivity index (χ4v) is 5.35. The Morgan fingerprint density at radius 1 is 1.08 bits per heavy atom. The smallest absolute Gasteiger partial charge is 0.253 e. The highest BCUT2D eigenvalue weighted by Crippen LogP contribution is 2.37. The number of aliphatic hydroxyl groups is 1. The lowest BCUT2D eigenvalue weighted by atomic mass is 9.77. The molecule has 0 radical (unpaired) electrons. The average molecular weight is 517 g/mol. The van der Waals surface area contributed by atoms with E-state index in [0.717, 1.165) is 24.0 Å². The quantitative estimate of drug-likeness (QED) is 0.600. The Bertz CT molecular complexity index is 1080. The minimum absolute atomic E-state index is 0.0186. The molecule has 1 N–H and O–H groups in total.